The van der Waals surface area contributed by atoms with E-state index >= 15 is 0 Å². The highest BCUT2D eigenvalue weighted by Gasteiger charge is 2.03. The van der Waals surface area contributed by atoms with E-state index in [1.807, 2.05) is 13.2 Å². The van der Waals surface area contributed by atoms with Crippen LogP contribution in [0.4, 0.5) is 0 Å². The van der Waals surface area contributed by atoms with E-state index in [1.54, 1.807) is 0 Å². The van der Waals surface area contributed by atoms with Crippen molar-refractivity contribution >= 4 is 15.9 Å². The summed E-state index contributed by atoms with van der Waals surface area (Å²) in [7, 11) is 2.01. The van der Waals surface area contributed by atoms with Gasteiger partial charge in [0.25, 0.3) is 0 Å². The Morgan fingerprint density at radius 1 is 2.00 bits per heavy atom. The van der Waals surface area contributed by atoms with Crippen molar-refractivity contribution in [2.75, 3.05) is 13.7 Å². The molecular weight excluding hydrogens is 156 g/mol. The summed E-state index contributed by atoms with van der Waals surface area (Å²) in [4.78, 5) is 2.07. The molecule has 0 unspecified atom stereocenters. The minimum atomic E-state index is 0.917. The van der Waals surface area contributed by atoms with Crippen LogP contribution >= 0.6 is 15.9 Å². The Bertz CT molecular complexity index is 99.9. The Morgan fingerprint density at radius 2 is 2.71 bits per heavy atom. The summed E-state index contributed by atoms with van der Waals surface area (Å²) in [6.07, 6.45) is 1.93. The molecule has 0 aromatic carbocycles. The van der Waals surface area contributed by atoms with Gasteiger partial charge in [0.2, 0.25) is 0 Å². The first-order valence-corrected chi connectivity index (χ1v) is 2.90. The van der Waals surface area contributed by atoms with Crippen LogP contribution in [0.3, 0.4) is 0 Å². The zero-order valence-corrected chi connectivity index (χ0v) is 5.70. The monoisotopic (exact) mass is 162 g/mol. The molecule has 2 nitrogen and oxygen atoms in total. The number of hydrogen-bond donors (Lipinski definition) is 1. The van der Waals surface area contributed by atoms with E-state index in [-0.39, 0.29) is 0 Å². The van der Waals surface area contributed by atoms with Crippen molar-refractivity contribution in [1.29, 1.82) is 0 Å². The number of nitrogens with zero attached hydrogens (tertiary/aromatic N) is 1. The van der Waals surface area contributed by atoms with Crippen molar-refractivity contribution in [1.82, 2.24) is 10.2 Å². The first-order chi connectivity index (χ1) is 3.30. The van der Waals surface area contributed by atoms with E-state index in [0.717, 1.165) is 11.3 Å². The zero-order chi connectivity index (χ0) is 5.28. The van der Waals surface area contributed by atoms with Crippen molar-refractivity contribution in [3.8, 4) is 0 Å². The zero-order valence-electron chi connectivity index (χ0n) is 4.11. The maximum absolute atomic E-state index is 3.33. The molecule has 0 amide bonds. The van der Waals surface area contributed by atoms with Crippen LogP contribution < -0.4 is 5.32 Å². The molecule has 0 saturated heterocycles. The third-order valence-corrected chi connectivity index (χ3v) is 1.75. The predicted molar refractivity (Wildman–Crippen MR) is 32.8 cm³/mol. The number of hydrogen-bond acceptors (Lipinski definition) is 2. The van der Waals surface area contributed by atoms with E-state index < -0.39 is 0 Å². The third-order valence-electron chi connectivity index (χ3n) is 0.914. The van der Waals surface area contributed by atoms with Crippen LogP contribution in [0, 0.1) is 0 Å². The summed E-state index contributed by atoms with van der Waals surface area (Å²) in [5, 5.41) is 3.04. The summed E-state index contributed by atoms with van der Waals surface area (Å²) >= 11 is 3.33. The van der Waals surface area contributed by atoms with Gasteiger partial charge in [0, 0.05) is 13.2 Å². The molecule has 0 radical (unpaired) electrons. The average molecular weight is 163 g/mol. The summed E-state index contributed by atoms with van der Waals surface area (Å²) in [6.45, 7) is 0.917. The van der Waals surface area contributed by atoms with Crippen LogP contribution in [0.2, 0.25) is 0 Å². The lowest BCUT2D eigenvalue weighted by Crippen LogP contribution is -2.16. The molecule has 7 heavy (non-hydrogen) atoms. The fraction of sp³-hybridized carbons (Fsp3) is 0.500. The minimum absolute atomic E-state index is 0.917. The topological polar surface area (TPSA) is 15.3 Å². The minimum Gasteiger partial charge on any atom is -0.372 e. The Labute approximate surface area is 51.3 Å². The molecule has 1 aliphatic heterocycles. The van der Waals surface area contributed by atoms with Gasteiger partial charge in [0.15, 0.2) is 0 Å². The number of halogens is 1. The van der Waals surface area contributed by atoms with E-state index in [1.165, 1.54) is 0 Å². The van der Waals surface area contributed by atoms with Gasteiger partial charge in [-0.1, -0.05) is 0 Å². The van der Waals surface area contributed by atoms with Crippen molar-refractivity contribution in [3.63, 3.8) is 0 Å². The maximum Gasteiger partial charge on any atom is 0.0977 e. The average Bonchev–Trinajstić information content (AvgIpc) is 1.91. The van der Waals surface area contributed by atoms with Gasteiger partial charge in [-0.15, -0.1) is 0 Å². The highest BCUT2D eigenvalue weighted by Crippen LogP contribution is 2.10. The van der Waals surface area contributed by atoms with E-state index in [2.05, 4.69) is 26.1 Å². The predicted octanol–water partition coefficient (Wildman–Crippen LogP) is 0.673. The molecule has 1 N–H and O–H groups in total. The van der Waals surface area contributed by atoms with E-state index in [9.17, 15) is 0 Å². The largest absolute Gasteiger partial charge is 0.372 e. The number of nitrogens with one attached hydrogen (secondary N) is 1. The first kappa shape index (κ1) is 4.97. The normalized spacial score (nSPS) is 19.1. The van der Waals surface area contributed by atoms with Gasteiger partial charge in [-0.25, -0.2) is 0 Å². The summed E-state index contributed by atoms with van der Waals surface area (Å²) in [5.41, 5.74) is 0. The van der Waals surface area contributed by atoms with Crippen LogP contribution in [-0.2, 0) is 0 Å². The van der Waals surface area contributed by atoms with E-state index in [0.29, 0.717) is 0 Å². The Kier molecular flexibility index (Phi) is 1.23. The fourth-order valence-corrected chi connectivity index (χ4v) is 0.740. The lowest BCUT2D eigenvalue weighted by Gasteiger charge is -2.07. The standard InChI is InChI=1S/C4H7BrN2/c1-7-3-6-2-4(7)5/h2,6H,3H2,1H3. The molecule has 0 aliphatic carbocycles. The quantitative estimate of drug-likeness (QED) is 0.528. The fourth-order valence-electron chi connectivity index (χ4n) is 0.453. The van der Waals surface area contributed by atoms with Crippen molar-refractivity contribution in [2.24, 2.45) is 0 Å². The number of rotatable bonds is 0. The first-order valence-electron chi connectivity index (χ1n) is 2.11. The van der Waals surface area contributed by atoms with Gasteiger partial charge in [-0.05, 0) is 15.9 Å². The molecule has 0 aromatic heterocycles. The molecule has 1 aliphatic rings. The molecule has 0 spiro atoms. The molecule has 0 saturated carbocycles. The van der Waals surface area contributed by atoms with Crippen molar-refractivity contribution in [3.05, 3.63) is 10.8 Å². The molecule has 0 atom stereocenters. The van der Waals surface area contributed by atoms with Crippen LogP contribution in [-0.4, -0.2) is 18.6 Å². The van der Waals surface area contributed by atoms with Crippen LogP contribution in [0.25, 0.3) is 0 Å². The van der Waals surface area contributed by atoms with Crippen LogP contribution in [0.1, 0.15) is 0 Å². The molecule has 40 valence electrons. The van der Waals surface area contributed by atoms with Crippen LogP contribution in [0.5, 0.6) is 0 Å². The molecule has 0 fully saturated rings. The highest BCUT2D eigenvalue weighted by molar-refractivity contribution is 9.11. The van der Waals surface area contributed by atoms with Gasteiger partial charge in [-0.3, -0.25) is 0 Å². The van der Waals surface area contributed by atoms with Crippen molar-refractivity contribution in [2.45, 2.75) is 0 Å². The summed E-state index contributed by atoms with van der Waals surface area (Å²) < 4.78 is 1.12. The molecule has 1 heterocycles. The third kappa shape index (κ3) is 0.881. The second-order valence-corrected chi connectivity index (χ2v) is 2.34. The Morgan fingerprint density at radius 3 is 2.86 bits per heavy atom. The second kappa shape index (κ2) is 1.74. The van der Waals surface area contributed by atoms with Gasteiger partial charge < -0.3 is 10.2 Å². The van der Waals surface area contributed by atoms with Gasteiger partial charge in [0.1, 0.15) is 0 Å². The maximum atomic E-state index is 3.33. The lowest BCUT2D eigenvalue weighted by molar-refractivity contribution is 0.468. The Balaban J connectivity index is 2.54. The molecule has 0 bridgehead atoms. The van der Waals surface area contributed by atoms with Gasteiger partial charge in [0.05, 0.1) is 11.3 Å². The molecule has 0 aromatic rings. The molecule has 3 heteroatoms. The van der Waals surface area contributed by atoms with E-state index in [4.69, 9.17) is 0 Å². The Hall–Kier alpha value is -0.180. The summed E-state index contributed by atoms with van der Waals surface area (Å²) in [6, 6.07) is 0. The van der Waals surface area contributed by atoms with Gasteiger partial charge >= 0.3 is 0 Å². The SMILES string of the molecule is CN1CNC=C1Br. The highest BCUT2D eigenvalue weighted by atomic mass is 79.9. The van der Waals surface area contributed by atoms with Crippen LogP contribution in [0.15, 0.2) is 10.8 Å². The van der Waals surface area contributed by atoms with Crippen molar-refractivity contribution < 1.29 is 0 Å². The smallest absolute Gasteiger partial charge is 0.0977 e. The summed E-state index contributed by atoms with van der Waals surface area (Å²) in [5.74, 6) is 0. The lowest BCUT2D eigenvalue weighted by atomic mass is 10.9. The van der Waals surface area contributed by atoms with Gasteiger partial charge in [-0.2, -0.15) is 0 Å². The second-order valence-electron chi connectivity index (χ2n) is 1.53. The molecule has 1 rings (SSSR count). The molecular formula is C4H7BrN2.